The van der Waals surface area contributed by atoms with E-state index in [2.05, 4.69) is 44.5 Å². The van der Waals surface area contributed by atoms with Crippen LogP contribution < -0.4 is 4.74 Å². The normalized spacial score (nSPS) is 10.6. The average Bonchev–Trinajstić information content (AvgIpc) is 3.14. The predicted octanol–water partition coefficient (Wildman–Crippen LogP) is 5.50. The van der Waals surface area contributed by atoms with Crippen molar-refractivity contribution in [3.63, 3.8) is 0 Å². The highest BCUT2D eigenvalue weighted by Crippen LogP contribution is 2.25. The van der Waals surface area contributed by atoms with Crippen molar-refractivity contribution < 1.29 is 9.13 Å². The SMILES string of the molecule is CCC#Cc1cc2cnn(-c3ccc(F)cc3)c2cc1COc1ncccc1I. The van der Waals surface area contributed by atoms with Crippen LogP contribution in [0, 0.1) is 21.2 Å². The molecule has 2 heterocycles. The van der Waals surface area contributed by atoms with Gasteiger partial charge in [-0.05, 0) is 71.1 Å². The lowest BCUT2D eigenvalue weighted by Crippen LogP contribution is -2.02. The number of benzene rings is 2. The molecule has 4 aromatic rings. The minimum atomic E-state index is -0.276. The molecule has 0 aliphatic rings. The molecule has 4 rings (SSSR count). The number of hydrogen-bond donors (Lipinski definition) is 0. The molecule has 0 saturated carbocycles. The average molecular weight is 497 g/mol. The van der Waals surface area contributed by atoms with Crippen LogP contribution in [0.3, 0.4) is 0 Å². The van der Waals surface area contributed by atoms with Gasteiger partial charge in [0.25, 0.3) is 0 Å². The van der Waals surface area contributed by atoms with Gasteiger partial charge in [0.1, 0.15) is 12.4 Å². The van der Waals surface area contributed by atoms with Crippen molar-refractivity contribution in [2.45, 2.75) is 20.0 Å². The Morgan fingerprint density at radius 3 is 2.76 bits per heavy atom. The second-order valence-electron chi connectivity index (χ2n) is 6.34. The highest BCUT2D eigenvalue weighted by atomic mass is 127. The van der Waals surface area contributed by atoms with Gasteiger partial charge in [-0.1, -0.05) is 18.8 Å². The quantitative estimate of drug-likeness (QED) is 0.276. The maximum Gasteiger partial charge on any atom is 0.227 e. The molecule has 0 aliphatic carbocycles. The van der Waals surface area contributed by atoms with Crippen molar-refractivity contribution in [2.24, 2.45) is 0 Å². The molecule has 0 unspecified atom stereocenters. The van der Waals surface area contributed by atoms with Gasteiger partial charge in [-0.2, -0.15) is 5.10 Å². The highest BCUT2D eigenvalue weighted by Gasteiger charge is 2.11. The highest BCUT2D eigenvalue weighted by molar-refractivity contribution is 14.1. The van der Waals surface area contributed by atoms with Gasteiger partial charge in [0.05, 0.1) is 21.0 Å². The fraction of sp³-hybridized carbons (Fsp3) is 0.130. The Hall–Kier alpha value is -2.92. The maximum atomic E-state index is 13.3. The zero-order valence-electron chi connectivity index (χ0n) is 15.7. The summed E-state index contributed by atoms with van der Waals surface area (Å²) in [4.78, 5) is 4.29. The van der Waals surface area contributed by atoms with E-state index in [1.165, 1.54) is 12.1 Å². The third-order valence-electron chi connectivity index (χ3n) is 4.35. The molecule has 0 bridgehead atoms. The van der Waals surface area contributed by atoms with Crippen LogP contribution >= 0.6 is 22.6 Å². The van der Waals surface area contributed by atoms with Gasteiger partial charge in [0, 0.05) is 29.1 Å². The smallest absolute Gasteiger partial charge is 0.227 e. The second kappa shape index (κ2) is 8.62. The molecule has 144 valence electrons. The molecule has 0 N–H and O–H groups in total. The van der Waals surface area contributed by atoms with E-state index in [9.17, 15) is 4.39 Å². The Balaban J connectivity index is 1.76. The van der Waals surface area contributed by atoms with Crippen molar-refractivity contribution in [1.29, 1.82) is 0 Å². The first-order valence-electron chi connectivity index (χ1n) is 9.14. The van der Waals surface area contributed by atoms with Crippen LogP contribution in [-0.2, 0) is 6.61 Å². The minimum Gasteiger partial charge on any atom is -0.472 e. The summed E-state index contributed by atoms with van der Waals surface area (Å²) in [6.45, 7) is 2.36. The van der Waals surface area contributed by atoms with Crippen molar-refractivity contribution in [2.75, 3.05) is 0 Å². The molecular weight excluding hydrogens is 480 g/mol. The van der Waals surface area contributed by atoms with Gasteiger partial charge in [-0.25, -0.2) is 14.1 Å². The Bertz CT molecular complexity index is 1220. The molecule has 0 aliphatic heterocycles. The van der Waals surface area contributed by atoms with Crippen molar-refractivity contribution in [3.05, 3.63) is 81.4 Å². The monoisotopic (exact) mass is 497 g/mol. The topological polar surface area (TPSA) is 39.9 Å². The zero-order chi connectivity index (χ0) is 20.2. The first-order chi connectivity index (χ1) is 14.2. The number of pyridine rings is 1. The van der Waals surface area contributed by atoms with E-state index in [-0.39, 0.29) is 5.82 Å². The Morgan fingerprint density at radius 1 is 1.17 bits per heavy atom. The summed E-state index contributed by atoms with van der Waals surface area (Å²) >= 11 is 2.20. The zero-order valence-corrected chi connectivity index (χ0v) is 17.9. The van der Waals surface area contributed by atoms with Crippen molar-refractivity contribution >= 4 is 33.5 Å². The van der Waals surface area contributed by atoms with Gasteiger partial charge in [-0.3, -0.25) is 0 Å². The number of halogens is 2. The molecule has 0 spiro atoms. The lowest BCUT2D eigenvalue weighted by Gasteiger charge is -2.10. The summed E-state index contributed by atoms with van der Waals surface area (Å²) in [5.41, 5.74) is 3.56. The molecule has 0 radical (unpaired) electrons. The van der Waals surface area contributed by atoms with Gasteiger partial charge in [-0.15, -0.1) is 0 Å². The van der Waals surface area contributed by atoms with Crippen molar-refractivity contribution in [1.82, 2.24) is 14.8 Å². The summed E-state index contributed by atoms with van der Waals surface area (Å²) in [6.07, 6.45) is 4.27. The van der Waals surface area contributed by atoms with Crippen LogP contribution in [0.2, 0.25) is 0 Å². The van der Waals surface area contributed by atoms with E-state index in [0.29, 0.717) is 12.5 Å². The second-order valence-corrected chi connectivity index (χ2v) is 7.50. The number of aromatic nitrogens is 3. The third-order valence-corrected chi connectivity index (χ3v) is 5.17. The Morgan fingerprint density at radius 2 is 2.00 bits per heavy atom. The van der Waals surface area contributed by atoms with Crippen LogP contribution in [-0.4, -0.2) is 14.8 Å². The molecule has 0 amide bonds. The lowest BCUT2D eigenvalue weighted by molar-refractivity contribution is 0.291. The Labute approximate surface area is 181 Å². The number of rotatable bonds is 4. The van der Waals surface area contributed by atoms with Gasteiger partial charge in [0.2, 0.25) is 5.88 Å². The maximum absolute atomic E-state index is 13.3. The number of fused-ring (bicyclic) bond motifs is 1. The van der Waals surface area contributed by atoms with E-state index >= 15 is 0 Å². The van der Waals surface area contributed by atoms with E-state index in [1.807, 2.05) is 31.2 Å². The molecule has 6 heteroatoms. The van der Waals surface area contributed by atoms with Crippen LogP contribution in [0.15, 0.2) is 60.9 Å². The molecule has 0 saturated heterocycles. The fourth-order valence-corrected chi connectivity index (χ4v) is 3.45. The van der Waals surface area contributed by atoms with Gasteiger partial charge < -0.3 is 4.74 Å². The summed E-state index contributed by atoms with van der Waals surface area (Å²) in [5.74, 6) is 6.67. The standard InChI is InChI=1S/C23H17FIN3O/c1-2-3-5-16-12-17-14-27-28(20-9-7-19(24)8-10-20)22(17)13-18(16)15-29-23-21(25)6-4-11-26-23/h4,6-14H,2,15H2,1H3. The molecule has 29 heavy (non-hydrogen) atoms. The molecule has 0 fully saturated rings. The van der Waals surface area contributed by atoms with Crippen LogP contribution in [0.25, 0.3) is 16.6 Å². The third kappa shape index (κ3) is 4.25. The first-order valence-corrected chi connectivity index (χ1v) is 10.2. The first kappa shape index (κ1) is 19.4. The van der Waals surface area contributed by atoms with Crippen LogP contribution in [0.5, 0.6) is 5.88 Å². The summed E-state index contributed by atoms with van der Waals surface area (Å²) < 4.78 is 22.0. The van der Waals surface area contributed by atoms with Gasteiger partial charge in [0.15, 0.2) is 0 Å². The molecular formula is C23H17FIN3O. The largest absolute Gasteiger partial charge is 0.472 e. The summed E-state index contributed by atoms with van der Waals surface area (Å²) in [5, 5.41) is 5.45. The number of ether oxygens (including phenoxy) is 1. The molecule has 0 atom stereocenters. The fourth-order valence-electron chi connectivity index (χ4n) is 2.95. The van der Waals surface area contributed by atoms with E-state index in [4.69, 9.17) is 4.74 Å². The van der Waals surface area contributed by atoms with Gasteiger partial charge >= 0.3 is 0 Å². The number of nitrogens with zero attached hydrogens (tertiary/aromatic N) is 3. The van der Waals surface area contributed by atoms with E-state index in [1.54, 1.807) is 29.2 Å². The summed E-state index contributed by atoms with van der Waals surface area (Å²) in [6, 6.07) is 14.1. The minimum absolute atomic E-state index is 0.276. The summed E-state index contributed by atoms with van der Waals surface area (Å²) in [7, 11) is 0. The lowest BCUT2D eigenvalue weighted by atomic mass is 10.1. The molecule has 4 nitrogen and oxygen atoms in total. The van der Waals surface area contributed by atoms with E-state index < -0.39 is 0 Å². The number of hydrogen-bond acceptors (Lipinski definition) is 3. The van der Waals surface area contributed by atoms with Crippen LogP contribution in [0.4, 0.5) is 4.39 Å². The Kier molecular flexibility index (Phi) is 5.76. The predicted molar refractivity (Wildman–Crippen MR) is 119 cm³/mol. The van der Waals surface area contributed by atoms with E-state index in [0.717, 1.165) is 37.7 Å². The molecule has 2 aromatic heterocycles. The van der Waals surface area contributed by atoms with Crippen LogP contribution in [0.1, 0.15) is 24.5 Å². The van der Waals surface area contributed by atoms with Crippen molar-refractivity contribution in [3.8, 4) is 23.4 Å². The molecule has 2 aromatic carbocycles.